The van der Waals surface area contributed by atoms with Gasteiger partial charge in [0.1, 0.15) is 11.3 Å². The highest BCUT2D eigenvalue weighted by atomic mass is 16.4. The number of rotatable bonds is 4. The van der Waals surface area contributed by atoms with E-state index in [9.17, 15) is 4.79 Å². The first-order valence-electron chi connectivity index (χ1n) is 5.55. The summed E-state index contributed by atoms with van der Waals surface area (Å²) < 4.78 is 5.15. The number of furan rings is 1. The lowest BCUT2D eigenvalue weighted by Crippen LogP contribution is -2.41. The lowest BCUT2D eigenvalue weighted by molar-refractivity contribution is 0.0692. The Labute approximate surface area is 94.0 Å². The van der Waals surface area contributed by atoms with Gasteiger partial charge >= 0.3 is 5.97 Å². The average Bonchev–Trinajstić information content (AvgIpc) is 2.76. The minimum Gasteiger partial charge on any atom is -0.478 e. The van der Waals surface area contributed by atoms with Crippen molar-refractivity contribution in [1.29, 1.82) is 0 Å². The van der Waals surface area contributed by atoms with Gasteiger partial charge in [-0.3, -0.25) is 0 Å². The molecule has 5 nitrogen and oxygen atoms in total. The number of hydrogen-bond acceptors (Lipinski definition) is 4. The minimum absolute atomic E-state index is 0.240. The summed E-state index contributed by atoms with van der Waals surface area (Å²) in [5.74, 6) is -0.456. The third-order valence-corrected chi connectivity index (χ3v) is 2.80. The third kappa shape index (κ3) is 2.62. The molecule has 0 amide bonds. The van der Waals surface area contributed by atoms with Crippen LogP contribution in [0.15, 0.2) is 16.7 Å². The first-order valence-corrected chi connectivity index (χ1v) is 5.55. The third-order valence-electron chi connectivity index (χ3n) is 2.80. The molecule has 1 aromatic heterocycles. The predicted molar refractivity (Wildman–Crippen MR) is 57.9 cm³/mol. The highest BCUT2D eigenvalue weighted by Crippen LogP contribution is 2.11. The number of carboxylic acids is 1. The predicted octanol–water partition coefficient (Wildman–Crippen LogP) is 1.47. The molecule has 0 unspecified atom stereocenters. The summed E-state index contributed by atoms with van der Waals surface area (Å²) in [6, 6.07) is 1.48. The number of hydrogen-bond donors (Lipinski definition) is 2. The van der Waals surface area contributed by atoms with Crippen LogP contribution in [0.1, 0.15) is 35.4 Å². The van der Waals surface area contributed by atoms with E-state index in [-0.39, 0.29) is 5.56 Å². The number of nitrogens with zero attached hydrogens (tertiary/aromatic N) is 1. The highest BCUT2D eigenvalue weighted by molar-refractivity contribution is 5.88. The van der Waals surface area contributed by atoms with Gasteiger partial charge in [0.05, 0.1) is 12.8 Å². The van der Waals surface area contributed by atoms with Gasteiger partial charge in [-0.2, -0.15) is 0 Å². The van der Waals surface area contributed by atoms with Crippen LogP contribution in [-0.2, 0) is 6.54 Å². The van der Waals surface area contributed by atoms with Crippen molar-refractivity contribution in [3.63, 3.8) is 0 Å². The first-order chi connectivity index (χ1) is 7.77. The summed E-state index contributed by atoms with van der Waals surface area (Å²) in [7, 11) is 0. The molecule has 0 saturated carbocycles. The van der Waals surface area contributed by atoms with Crippen molar-refractivity contribution < 1.29 is 14.3 Å². The summed E-state index contributed by atoms with van der Waals surface area (Å²) in [4.78, 5) is 10.8. The number of carboxylic acid groups (broad SMARTS) is 1. The Balaban J connectivity index is 1.88. The lowest BCUT2D eigenvalue weighted by atomic mass is 10.2. The normalized spacial score (nSPS) is 17.5. The summed E-state index contributed by atoms with van der Waals surface area (Å²) in [5.41, 5.74) is 3.44. The van der Waals surface area contributed by atoms with E-state index in [2.05, 4.69) is 10.4 Å². The number of nitrogens with one attached hydrogen (secondary N) is 1. The SMILES string of the molecule is O=C(O)c1ccoc1CNN1CCCCC1. The van der Waals surface area contributed by atoms with E-state index in [4.69, 9.17) is 9.52 Å². The Hall–Kier alpha value is -1.33. The van der Waals surface area contributed by atoms with Crippen LogP contribution in [0.25, 0.3) is 0 Å². The zero-order chi connectivity index (χ0) is 11.4. The second-order valence-electron chi connectivity index (χ2n) is 3.95. The Kier molecular flexibility index (Phi) is 3.58. The van der Waals surface area contributed by atoms with E-state index in [0.717, 1.165) is 13.1 Å². The largest absolute Gasteiger partial charge is 0.478 e. The molecule has 1 aliphatic heterocycles. The molecule has 0 radical (unpaired) electrons. The highest BCUT2D eigenvalue weighted by Gasteiger charge is 2.15. The standard InChI is InChI=1S/C11H16N2O3/c14-11(15)9-4-7-16-10(9)8-12-13-5-2-1-3-6-13/h4,7,12H,1-3,5-6,8H2,(H,14,15). The van der Waals surface area contributed by atoms with Crippen LogP contribution in [-0.4, -0.2) is 29.2 Å². The van der Waals surface area contributed by atoms with Crippen LogP contribution >= 0.6 is 0 Å². The van der Waals surface area contributed by atoms with Gasteiger partial charge in [0.15, 0.2) is 0 Å². The van der Waals surface area contributed by atoms with Crippen molar-refractivity contribution in [3.8, 4) is 0 Å². The van der Waals surface area contributed by atoms with Crippen molar-refractivity contribution in [2.24, 2.45) is 0 Å². The number of aromatic carboxylic acids is 1. The van der Waals surface area contributed by atoms with Crippen molar-refractivity contribution in [2.75, 3.05) is 13.1 Å². The quantitative estimate of drug-likeness (QED) is 0.810. The van der Waals surface area contributed by atoms with Crippen LogP contribution < -0.4 is 5.43 Å². The van der Waals surface area contributed by atoms with Crippen LogP contribution in [0, 0.1) is 0 Å². The van der Waals surface area contributed by atoms with Gasteiger partial charge in [0, 0.05) is 13.1 Å². The smallest absolute Gasteiger partial charge is 0.339 e. The van der Waals surface area contributed by atoms with E-state index >= 15 is 0 Å². The van der Waals surface area contributed by atoms with Crippen LogP contribution in [0.4, 0.5) is 0 Å². The maximum Gasteiger partial charge on any atom is 0.339 e. The zero-order valence-electron chi connectivity index (χ0n) is 9.11. The van der Waals surface area contributed by atoms with Crippen molar-refractivity contribution in [1.82, 2.24) is 10.4 Å². The Morgan fingerprint density at radius 3 is 2.88 bits per heavy atom. The monoisotopic (exact) mass is 224 g/mol. The van der Waals surface area contributed by atoms with Gasteiger partial charge in [-0.05, 0) is 18.9 Å². The zero-order valence-corrected chi connectivity index (χ0v) is 9.11. The van der Waals surface area contributed by atoms with E-state index < -0.39 is 5.97 Å². The molecule has 0 bridgehead atoms. The molecule has 88 valence electrons. The van der Waals surface area contributed by atoms with E-state index in [1.807, 2.05) is 0 Å². The molecule has 0 aromatic carbocycles. The Morgan fingerprint density at radius 1 is 1.44 bits per heavy atom. The van der Waals surface area contributed by atoms with Gasteiger partial charge in [0.2, 0.25) is 0 Å². The second-order valence-corrected chi connectivity index (χ2v) is 3.95. The van der Waals surface area contributed by atoms with E-state index in [1.54, 1.807) is 0 Å². The summed E-state index contributed by atoms with van der Waals surface area (Å²) >= 11 is 0. The molecular weight excluding hydrogens is 208 g/mol. The Morgan fingerprint density at radius 2 is 2.19 bits per heavy atom. The maximum absolute atomic E-state index is 10.8. The molecule has 1 fully saturated rings. The number of carbonyl (C=O) groups is 1. The fourth-order valence-corrected chi connectivity index (χ4v) is 1.90. The topological polar surface area (TPSA) is 65.7 Å². The molecule has 5 heteroatoms. The van der Waals surface area contributed by atoms with E-state index in [0.29, 0.717) is 12.3 Å². The Bertz CT molecular complexity index is 356. The van der Waals surface area contributed by atoms with E-state index in [1.165, 1.54) is 31.6 Å². The molecule has 1 aliphatic rings. The molecule has 2 heterocycles. The molecule has 1 aromatic rings. The molecule has 0 spiro atoms. The van der Waals surface area contributed by atoms with Gasteiger partial charge in [0.25, 0.3) is 0 Å². The average molecular weight is 224 g/mol. The lowest BCUT2D eigenvalue weighted by Gasteiger charge is -2.26. The first kappa shape index (κ1) is 11.2. The molecule has 0 aliphatic carbocycles. The molecule has 0 atom stereocenters. The van der Waals surface area contributed by atoms with Crippen LogP contribution in [0.3, 0.4) is 0 Å². The molecule has 2 rings (SSSR count). The van der Waals surface area contributed by atoms with Crippen LogP contribution in [0.5, 0.6) is 0 Å². The maximum atomic E-state index is 10.8. The van der Waals surface area contributed by atoms with Crippen molar-refractivity contribution in [3.05, 3.63) is 23.7 Å². The molecular formula is C11H16N2O3. The van der Waals surface area contributed by atoms with Gasteiger partial charge in [-0.15, -0.1) is 0 Å². The van der Waals surface area contributed by atoms with Crippen molar-refractivity contribution in [2.45, 2.75) is 25.8 Å². The van der Waals surface area contributed by atoms with Gasteiger partial charge < -0.3 is 9.52 Å². The van der Waals surface area contributed by atoms with Gasteiger partial charge in [-0.25, -0.2) is 15.2 Å². The summed E-state index contributed by atoms with van der Waals surface area (Å²) in [6.07, 6.45) is 5.07. The number of piperidine rings is 1. The molecule has 16 heavy (non-hydrogen) atoms. The summed E-state index contributed by atoms with van der Waals surface area (Å²) in [6.45, 7) is 2.47. The molecule has 1 saturated heterocycles. The fourth-order valence-electron chi connectivity index (χ4n) is 1.90. The minimum atomic E-state index is -0.941. The van der Waals surface area contributed by atoms with Gasteiger partial charge in [-0.1, -0.05) is 6.42 Å². The van der Waals surface area contributed by atoms with Crippen molar-refractivity contribution >= 4 is 5.97 Å². The molecule has 2 N–H and O–H groups in total. The fraction of sp³-hybridized carbons (Fsp3) is 0.545. The van der Waals surface area contributed by atoms with Crippen LogP contribution in [0.2, 0.25) is 0 Å². The summed E-state index contributed by atoms with van der Waals surface area (Å²) in [5, 5.41) is 11.0. The number of hydrazine groups is 1. The second kappa shape index (κ2) is 5.14.